The zero-order chi connectivity index (χ0) is 20.1. The summed E-state index contributed by atoms with van der Waals surface area (Å²) in [5, 5.41) is 15.2. The van der Waals surface area contributed by atoms with Crippen molar-refractivity contribution in [1.82, 2.24) is 9.88 Å². The van der Waals surface area contributed by atoms with Crippen molar-refractivity contribution in [3.05, 3.63) is 102 Å². The molecule has 148 valence electrons. The lowest BCUT2D eigenvalue weighted by Gasteiger charge is -2.26. The molecule has 4 aromatic rings. The summed E-state index contributed by atoms with van der Waals surface area (Å²) in [7, 11) is 1.85. The molecular formula is C25H26N2O2. The molecule has 1 aromatic heterocycles. The van der Waals surface area contributed by atoms with Gasteiger partial charge in [-0.25, -0.2) is 0 Å². The van der Waals surface area contributed by atoms with Gasteiger partial charge in [0.05, 0.1) is 17.7 Å². The van der Waals surface area contributed by atoms with Gasteiger partial charge in [0.15, 0.2) is 0 Å². The Morgan fingerprint density at radius 2 is 1.62 bits per heavy atom. The zero-order valence-corrected chi connectivity index (χ0v) is 16.5. The summed E-state index contributed by atoms with van der Waals surface area (Å²) < 4.78 is 8.34. The van der Waals surface area contributed by atoms with E-state index in [1.54, 1.807) is 0 Å². The SMILES string of the molecule is CNC[C@@H](O)[C@H](c1ccccc1)n1ccc2cccc(OCc3ccccc3)c21. The molecule has 3 aromatic carbocycles. The minimum atomic E-state index is -0.583. The normalized spacial score (nSPS) is 13.3. The Hall–Kier alpha value is -3.08. The van der Waals surface area contributed by atoms with Gasteiger partial charge in [0.2, 0.25) is 0 Å². The number of benzene rings is 3. The predicted octanol–water partition coefficient (Wildman–Crippen LogP) is 4.39. The highest BCUT2D eigenvalue weighted by atomic mass is 16.5. The first-order valence-corrected chi connectivity index (χ1v) is 9.92. The number of aliphatic hydroxyl groups is 1. The first-order chi connectivity index (χ1) is 14.3. The van der Waals surface area contributed by atoms with Gasteiger partial charge in [-0.3, -0.25) is 0 Å². The fourth-order valence-electron chi connectivity index (χ4n) is 3.81. The topological polar surface area (TPSA) is 46.4 Å². The Morgan fingerprint density at radius 3 is 2.34 bits per heavy atom. The summed E-state index contributed by atoms with van der Waals surface area (Å²) in [5.74, 6) is 0.814. The fourth-order valence-corrected chi connectivity index (χ4v) is 3.81. The van der Waals surface area contributed by atoms with Gasteiger partial charge in [-0.15, -0.1) is 0 Å². The Morgan fingerprint density at radius 1 is 0.897 bits per heavy atom. The lowest BCUT2D eigenvalue weighted by Crippen LogP contribution is -2.33. The highest BCUT2D eigenvalue weighted by Gasteiger charge is 2.24. The number of aliphatic hydroxyl groups excluding tert-OH is 1. The molecule has 29 heavy (non-hydrogen) atoms. The summed E-state index contributed by atoms with van der Waals surface area (Å²) in [5.41, 5.74) is 3.18. The van der Waals surface area contributed by atoms with Crippen LogP contribution in [0.25, 0.3) is 10.9 Å². The van der Waals surface area contributed by atoms with E-state index < -0.39 is 6.10 Å². The van der Waals surface area contributed by atoms with Gasteiger partial charge in [-0.05, 0) is 30.3 Å². The molecule has 0 bridgehead atoms. The molecule has 2 atom stereocenters. The molecule has 4 rings (SSSR count). The molecule has 0 aliphatic rings. The van der Waals surface area contributed by atoms with Crippen molar-refractivity contribution in [2.24, 2.45) is 0 Å². The summed E-state index contributed by atoms with van der Waals surface area (Å²) >= 11 is 0. The fraction of sp³-hybridized carbons (Fsp3) is 0.200. The number of fused-ring (bicyclic) bond motifs is 1. The summed E-state index contributed by atoms with van der Waals surface area (Å²) in [6, 6.07) is 28.2. The molecule has 0 unspecified atom stereocenters. The van der Waals surface area contributed by atoms with Crippen LogP contribution in [-0.4, -0.2) is 29.4 Å². The Labute approximate surface area is 171 Å². The van der Waals surface area contributed by atoms with Gasteiger partial charge < -0.3 is 19.7 Å². The van der Waals surface area contributed by atoms with Gasteiger partial charge in [-0.2, -0.15) is 0 Å². The number of rotatable bonds is 8. The Bertz CT molecular complexity index is 1040. The van der Waals surface area contributed by atoms with E-state index in [2.05, 4.69) is 46.3 Å². The van der Waals surface area contributed by atoms with Crippen LogP contribution in [0.4, 0.5) is 0 Å². The highest BCUT2D eigenvalue weighted by Crippen LogP contribution is 2.33. The number of hydrogen-bond acceptors (Lipinski definition) is 3. The van der Waals surface area contributed by atoms with Crippen molar-refractivity contribution < 1.29 is 9.84 Å². The largest absolute Gasteiger partial charge is 0.487 e. The molecule has 1 heterocycles. The van der Waals surface area contributed by atoms with E-state index in [-0.39, 0.29) is 6.04 Å². The Kier molecular flexibility index (Phi) is 5.94. The second-order valence-electron chi connectivity index (χ2n) is 7.17. The van der Waals surface area contributed by atoms with E-state index in [0.717, 1.165) is 27.8 Å². The molecule has 0 aliphatic carbocycles. The quantitative estimate of drug-likeness (QED) is 0.472. The molecule has 4 heteroatoms. The number of nitrogens with one attached hydrogen (secondary N) is 1. The van der Waals surface area contributed by atoms with Crippen LogP contribution >= 0.6 is 0 Å². The summed E-state index contributed by atoms with van der Waals surface area (Å²) in [6.45, 7) is 0.993. The first kappa shape index (κ1) is 19.2. The van der Waals surface area contributed by atoms with Crippen LogP contribution in [0.5, 0.6) is 5.75 Å². The van der Waals surface area contributed by atoms with Crippen molar-refractivity contribution in [1.29, 1.82) is 0 Å². The average molecular weight is 386 g/mol. The maximum atomic E-state index is 11.0. The van der Waals surface area contributed by atoms with E-state index >= 15 is 0 Å². The van der Waals surface area contributed by atoms with Crippen LogP contribution < -0.4 is 10.1 Å². The first-order valence-electron chi connectivity index (χ1n) is 9.92. The zero-order valence-electron chi connectivity index (χ0n) is 16.5. The van der Waals surface area contributed by atoms with Gasteiger partial charge in [0, 0.05) is 18.1 Å². The molecule has 0 fully saturated rings. The van der Waals surface area contributed by atoms with Crippen molar-refractivity contribution in [3.63, 3.8) is 0 Å². The number of hydrogen-bond donors (Lipinski definition) is 2. The molecule has 0 spiro atoms. The molecule has 0 radical (unpaired) electrons. The molecule has 0 amide bonds. The third-order valence-electron chi connectivity index (χ3n) is 5.16. The van der Waals surface area contributed by atoms with Crippen molar-refractivity contribution in [2.45, 2.75) is 18.8 Å². The number of nitrogens with zero attached hydrogens (tertiary/aromatic N) is 1. The van der Waals surface area contributed by atoms with Gasteiger partial charge in [0.25, 0.3) is 0 Å². The van der Waals surface area contributed by atoms with Crippen molar-refractivity contribution in [2.75, 3.05) is 13.6 Å². The number of ether oxygens (including phenoxy) is 1. The smallest absolute Gasteiger partial charge is 0.144 e. The molecular weight excluding hydrogens is 360 g/mol. The maximum Gasteiger partial charge on any atom is 0.144 e. The van der Waals surface area contributed by atoms with Crippen LogP contribution in [0.15, 0.2) is 91.1 Å². The van der Waals surface area contributed by atoms with Gasteiger partial charge in [0.1, 0.15) is 12.4 Å². The van der Waals surface area contributed by atoms with Crippen LogP contribution in [-0.2, 0) is 6.61 Å². The van der Waals surface area contributed by atoms with Crippen LogP contribution in [0.3, 0.4) is 0 Å². The maximum absolute atomic E-state index is 11.0. The Balaban J connectivity index is 1.75. The van der Waals surface area contributed by atoms with E-state index in [1.807, 2.05) is 61.8 Å². The molecule has 0 aliphatic heterocycles. The summed E-state index contributed by atoms with van der Waals surface area (Å²) in [4.78, 5) is 0. The van der Waals surface area contributed by atoms with E-state index in [9.17, 15) is 5.11 Å². The van der Waals surface area contributed by atoms with Crippen LogP contribution in [0, 0.1) is 0 Å². The second-order valence-corrected chi connectivity index (χ2v) is 7.17. The lowest BCUT2D eigenvalue weighted by molar-refractivity contribution is 0.132. The summed E-state index contributed by atoms with van der Waals surface area (Å²) in [6.07, 6.45) is 1.46. The number of aromatic nitrogens is 1. The van der Waals surface area contributed by atoms with E-state index in [4.69, 9.17) is 4.74 Å². The standard InChI is InChI=1S/C25H26N2O2/c1-26-17-22(28)24(20-11-6-3-7-12-20)27-16-15-21-13-8-14-23(25(21)27)29-18-19-9-4-2-5-10-19/h2-16,22,24,26,28H,17-18H2,1H3/t22-,24+/m1/s1. The van der Waals surface area contributed by atoms with Crippen molar-refractivity contribution >= 4 is 10.9 Å². The molecule has 0 saturated heterocycles. The number of para-hydroxylation sites is 1. The minimum absolute atomic E-state index is 0.220. The third kappa shape index (κ3) is 4.19. The second kappa shape index (κ2) is 8.95. The van der Waals surface area contributed by atoms with Crippen LogP contribution in [0.2, 0.25) is 0 Å². The van der Waals surface area contributed by atoms with Gasteiger partial charge in [-0.1, -0.05) is 72.8 Å². The number of likely N-dealkylation sites (N-methyl/N-ethyl adjacent to an activating group) is 1. The molecule has 4 nitrogen and oxygen atoms in total. The van der Waals surface area contributed by atoms with Gasteiger partial charge >= 0.3 is 0 Å². The molecule has 2 N–H and O–H groups in total. The third-order valence-corrected chi connectivity index (χ3v) is 5.16. The monoisotopic (exact) mass is 386 g/mol. The van der Waals surface area contributed by atoms with E-state index in [0.29, 0.717) is 13.2 Å². The lowest BCUT2D eigenvalue weighted by atomic mass is 10.0. The molecule has 0 saturated carbocycles. The minimum Gasteiger partial charge on any atom is -0.487 e. The highest BCUT2D eigenvalue weighted by molar-refractivity contribution is 5.86. The van der Waals surface area contributed by atoms with Crippen LogP contribution in [0.1, 0.15) is 17.2 Å². The predicted molar refractivity (Wildman–Crippen MR) is 117 cm³/mol. The average Bonchev–Trinajstić information content (AvgIpc) is 3.19. The van der Waals surface area contributed by atoms with E-state index in [1.165, 1.54) is 0 Å². The van der Waals surface area contributed by atoms with Crippen molar-refractivity contribution in [3.8, 4) is 5.75 Å².